The topological polar surface area (TPSA) is 159 Å². The number of nitrogens with zero attached hydrogens (tertiary/aromatic N) is 5. The summed E-state index contributed by atoms with van der Waals surface area (Å²) in [6.45, 7) is -0.499. The molecule has 1 aliphatic rings. The lowest BCUT2D eigenvalue weighted by atomic mass is 9.76. The lowest BCUT2D eigenvalue weighted by Crippen LogP contribution is -2.67. The number of methoxy groups -OCH3 is 1. The maximum absolute atomic E-state index is 11.6. The van der Waals surface area contributed by atoms with Crippen molar-refractivity contribution in [3.63, 3.8) is 0 Å². The number of aliphatic hydroxyl groups excluding tert-OH is 2. The zero-order valence-corrected chi connectivity index (χ0v) is 17.8. The van der Waals surface area contributed by atoms with Crippen molar-refractivity contribution in [3.05, 3.63) is 50.8 Å². The van der Waals surface area contributed by atoms with E-state index in [-0.39, 0.29) is 10.4 Å². The molecule has 4 rings (SSSR count). The third-order valence-electron chi connectivity index (χ3n) is 5.24. The second-order valence-electron chi connectivity index (χ2n) is 6.86. The number of thiol groups is 1. The van der Waals surface area contributed by atoms with Crippen molar-refractivity contribution in [1.82, 2.24) is 25.0 Å². The van der Waals surface area contributed by atoms with Gasteiger partial charge in [-0.25, -0.2) is 4.68 Å². The van der Waals surface area contributed by atoms with Crippen molar-refractivity contribution in [1.29, 1.82) is 5.26 Å². The van der Waals surface area contributed by atoms with Crippen molar-refractivity contribution in [2.75, 3.05) is 13.7 Å². The lowest BCUT2D eigenvalue weighted by molar-refractivity contribution is -0.213. The van der Waals surface area contributed by atoms with E-state index < -0.39 is 35.9 Å². The highest BCUT2D eigenvalue weighted by Crippen LogP contribution is 2.44. The summed E-state index contributed by atoms with van der Waals surface area (Å²) in [4.78, 5) is 18.1. The fourth-order valence-electron chi connectivity index (χ4n) is 3.86. The van der Waals surface area contributed by atoms with E-state index in [0.717, 1.165) is 11.3 Å². The minimum absolute atomic E-state index is 0.248. The average molecular weight is 463 g/mol. The number of nitriles is 1. The Bertz CT molecular complexity index is 1170. The van der Waals surface area contributed by atoms with Gasteiger partial charge in [0, 0.05) is 30.4 Å². The molecule has 3 N–H and O–H groups in total. The highest BCUT2D eigenvalue weighted by Gasteiger charge is 2.59. The summed E-state index contributed by atoms with van der Waals surface area (Å²) in [7, 11) is 1.42. The molecule has 31 heavy (non-hydrogen) atoms. The van der Waals surface area contributed by atoms with E-state index in [9.17, 15) is 20.3 Å². The molecule has 0 aliphatic carbocycles. The number of hydrogen-bond acceptors (Lipinski definition) is 11. The minimum atomic E-state index is -1.51. The Kier molecular flexibility index (Phi) is 5.93. The number of H-pyrrole nitrogens is 1. The molecule has 5 atom stereocenters. The number of aromatic amines is 1. The Balaban J connectivity index is 1.98. The van der Waals surface area contributed by atoms with Crippen LogP contribution in [0.3, 0.4) is 0 Å². The van der Waals surface area contributed by atoms with Crippen LogP contribution in [-0.4, -0.2) is 72.6 Å². The number of pyridine rings is 1. The molecule has 1 aliphatic heterocycles. The van der Waals surface area contributed by atoms with Crippen molar-refractivity contribution < 1.29 is 19.7 Å². The number of aromatic nitrogens is 5. The highest BCUT2D eigenvalue weighted by atomic mass is 32.1. The molecular weight excluding hydrogens is 444 g/mol. The molecule has 0 bridgehead atoms. The zero-order valence-electron chi connectivity index (χ0n) is 16.1. The Morgan fingerprint density at radius 2 is 2.32 bits per heavy atom. The summed E-state index contributed by atoms with van der Waals surface area (Å²) >= 11 is 5.45. The van der Waals surface area contributed by atoms with Crippen LogP contribution in [0.25, 0.3) is 11.4 Å². The predicted molar refractivity (Wildman–Crippen MR) is 112 cm³/mol. The van der Waals surface area contributed by atoms with Gasteiger partial charge >= 0.3 is 4.87 Å². The predicted octanol–water partition coefficient (Wildman–Crippen LogP) is -0.272. The number of nitrogens with one attached hydrogen (secondary N) is 1. The van der Waals surface area contributed by atoms with E-state index in [1.807, 2.05) is 6.07 Å². The molecule has 11 nitrogen and oxygen atoms in total. The quantitative estimate of drug-likeness (QED) is 0.374. The number of hydrogen-bond donors (Lipinski definition) is 4. The van der Waals surface area contributed by atoms with Crippen LogP contribution in [-0.2, 0) is 15.0 Å². The fourth-order valence-corrected chi connectivity index (χ4v) is 4.94. The minimum Gasteiger partial charge on any atom is -0.394 e. The number of aliphatic hydroxyl groups is 2. The van der Waals surface area contributed by atoms with Crippen LogP contribution in [0, 0.1) is 11.3 Å². The van der Waals surface area contributed by atoms with Crippen LogP contribution in [0.5, 0.6) is 0 Å². The Hall–Kier alpha value is -2.60. The molecule has 1 fully saturated rings. The fraction of sp³-hybridized carbons (Fsp3) is 0.389. The number of ether oxygens (including phenoxy) is 2. The Labute approximate surface area is 185 Å². The maximum Gasteiger partial charge on any atom is 0.304 e. The number of thiazole rings is 1. The largest absolute Gasteiger partial charge is 0.394 e. The summed E-state index contributed by atoms with van der Waals surface area (Å²) in [6.07, 6.45) is 1.07. The van der Waals surface area contributed by atoms with Crippen molar-refractivity contribution in [2.45, 2.75) is 29.3 Å². The molecule has 0 saturated carbocycles. The maximum atomic E-state index is 11.6. The molecule has 3 aromatic rings. The van der Waals surface area contributed by atoms with Crippen LogP contribution >= 0.6 is 24.0 Å². The molecule has 13 heteroatoms. The first kappa shape index (κ1) is 21.6. The van der Waals surface area contributed by atoms with Gasteiger partial charge in [-0.1, -0.05) is 16.6 Å². The van der Waals surface area contributed by atoms with Crippen molar-refractivity contribution in [2.24, 2.45) is 0 Å². The van der Waals surface area contributed by atoms with E-state index in [1.54, 1.807) is 11.4 Å². The second kappa shape index (κ2) is 8.50. The molecule has 1 saturated heterocycles. The summed E-state index contributed by atoms with van der Waals surface area (Å²) in [5, 5.41) is 40.6. The van der Waals surface area contributed by atoms with E-state index in [2.05, 4.69) is 32.9 Å². The van der Waals surface area contributed by atoms with Crippen LogP contribution < -0.4 is 4.87 Å². The van der Waals surface area contributed by atoms with Crippen molar-refractivity contribution >= 4 is 24.0 Å². The highest BCUT2D eigenvalue weighted by molar-refractivity contribution is 7.80. The van der Waals surface area contributed by atoms with Crippen molar-refractivity contribution in [3.8, 4) is 17.5 Å². The Morgan fingerprint density at radius 1 is 1.52 bits per heavy atom. The third kappa shape index (κ3) is 3.47. The first-order valence-electron chi connectivity index (χ1n) is 9.07. The smallest absolute Gasteiger partial charge is 0.304 e. The van der Waals surface area contributed by atoms with Gasteiger partial charge in [0.15, 0.2) is 0 Å². The van der Waals surface area contributed by atoms with Crippen LogP contribution in [0.15, 0.2) is 34.8 Å². The lowest BCUT2D eigenvalue weighted by Gasteiger charge is -2.51. The van der Waals surface area contributed by atoms with E-state index in [0.29, 0.717) is 17.0 Å². The molecule has 3 aromatic heterocycles. The summed E-state index contributed by atoms with van der Waals surface area (Å²) in [5.41, 5.74) is -0.922. The standard InChI is InChI=1S/C18H18N6O5S2/c1-28-15-16(30)29-13(7-25)14(26)18(15,10-2-9(3-19)4-20-5-10)24-6-11(22-23-24)12-8-31-17(27)21-12/h2,4-6,8,13-16,25-26,30H,7H2,1H3,(H,21,27)/t13-,14+,15+,16-,18?/m1/s1. The summed E-state index contributed by atoms with van der Waals surface area (Å²) in [6, 6.07) is 3.58. The molecule has 162 valence electrons. The van der Waals surface area contributed by atoms with Gasteiger partial charge in [0.1, 0.15) is 41.0 Å². The molecule has 4 heterocycles. The molecule has 0 spiro atoms. The van der Waals surface area contributed by atoms with E-state index >= 15 is 0 Å². The van der Waals surface area contributed by atoms with Gasteiger partial charge < -0.3 is 24.7 Å². The van der Waals surface area contributed by atoms with E-state index in [4.69, 9.17) is 9.47 Å². The third-order valence-corrected chi connectivity index (χ3v) is 6.30. The van der Waals surface area contributed by atoms with Gasteiger partial charge in [0.05, 0.1) is 24.1 Å². The van der Waals surface area contributed by atoms with Gasteiger partial charge in [-0.3, -0.25) is 9.78 Å². The molecule has 0 amide bonds. The molecule has 1 unspecified atom stereocenters. The van der Waals surface area contributed by atoms with Gasteiger partial charge in [0.25, 0.3) is 0 Å². The normalized spacial score (nSPS) is 28.4. The summed E-state index contributed by atoms with van der Waals surface area (Å²) in [5.74, 6) is 0. The Morgan fingerprint density at radius 3 is 2.97 bits per heavy atom. The van der Waals surface area contributed by atoms with E-state index in [1.165, 1.54) is 30.4 Å². The van der Waals surface area contributed by atoms with Crippen LogP contribution in [0.2, 0.25) is 0 Å². The molecular formula is C18H18N6O5S2. The van der Waals surface area contributed by atoms with Gasteiger partial charge in [0.2, 0.25) is 0 Å². The monoisotopic (exact) mass is 462 g/mol. The first-order chi connectivity index (χ1) is 14.9. The van der Waals surface area contributed by atoms with Gasteiger partial charge in [-0.2, -0.15) is 5.26 Å². The number of rotatable bonds is 5. The summed E-state index contributed by atoms with van der Waals surface area (Å²) < 4.78 is 12.7. The molecule has 0 aromatic carbocycles. The van der Waals surface area contributed by atoms with Crippen LogP contribution in [0.4, 0.5) is 0 Å². The average Bonchev–Trinajstić information content (AvgIpc) is 3.44. The molecule has 0 radical (unpaired) electrons. The van der Waals surface area contributed by atoms with Crippen LogP contribution in [0.1, 0.15) is 11.1 Å². The SMILES string of the molecule is CO[C@H]1[C@@H](S)O[C@H](CO)[C@H](O)C1(c1cncc(C#N)c1)n1cc(-c2csc(=O)[nH]2)nn1. The van der Waals surface area contributed by atoms with Gasteiger partial charge in [-0.05, 0) is 6.07 Å². The first-order valence-corrected chi connectivity index (χ1v) is 10.5. The van der Waals surface area contributed by atoms with Gasteiger partial charge in [-0.15, -0.1) is 17.7 Å². The second-order valence-corrected chi connectivity index (χ2v) is 8.21. The zero-order chi connectivity index (χ0) is 22.2.